The van der Waals surface area contributed by atoms with Gasteiger partial charge in [0.1, 0.15) is 0 Å². The predicted octanol–water partition coefficient (Wildman–Crippen LogP) is 0.465. The van der Waals surface area contributed by atoms with Crippen LogP contribution in [0.2, 0.25) is 0 Å². The van der Waals surface area contributed by atoms with E-state index in [1.807, 2.05) is 13.0 Å². The van der Waals surface area contributed by atoms with Gasteiger partial charge in [0.15, 0.2) is 0 Å². The van der Waals surface area contributed by atoms with Crippen LogP contribution in [0.25, 0.3) is 0 Å². The molecule has 5 amide bonds. The van der Waals surface area contributed by atoms with Crippen LogP contribution < -0.4 is 16.0 Å². The molecule has 19 heavy (non-hydrogen) atoms. The van der Waals surface area contributed by atoms with Crippen molar-refractivity contribution in [2.45, 2.75) is 12.6 Å². The molecule has 1 saturated heterocycles. The van der Waals surface area contributed by atoms with Gasteiger partial charge in [0.25, 0.3) is 5.91 Å². The molecule has 2 aliphatic heterocycles. The Morgan fingerprint density at radius 2 is 1.89 bits per heavy atom. The minimum atomic E-state index is -1.47. The summed E-state index contributed by atoms with van der Waals surface area (Å²) < 4.78 is 0. The van der Waals surface area contributed by atoms with Gasteiger partial charge in [-0.05, 0) is 18.6 Å². The topological polar surface area (TPSA) is 90.5 Å². The number of amides is 5. The summed E-state index contributed by atoms with van der Waals surface area (Å²) in [5, 5.41) is 7.41. The number of fused-ring (bicyclic) bond motifs is 2. The highest BCUT2D eigenvalue weighted by atomic mass is 16.2. The number of urea groups is 2. The highest BCUT2D eigenvalue weighted by molar-refractivity contribution is 6.11. The number of likely N-dealkylation sites (N-methyl/N-ethyl adjacent to an activating group) is 1. The molecule has 0 aromatic heterocycles. The van der Waals surface area contributed by atoms with Crippen molar-refractivity contribution in [1.82, 2.24) is 15.5 Å². The minimum Gasteiger partial charge on any atom is -0.307 e. The Bertz CT molecular complexity index is 627. The Labute approximate surface area is 109 Å². The van der Waals surface area contributed by atoms with E-state index in [0.29, 0.717) is 11.3 Å². The van der Waals surface area contributed by atoms with Crippen LogP contribution in [-0.2, 0) is 10.5 Å². The zero-order valence-corrected chi connectivity index (χ0v) is 10.4. The molecule has 0 bridgehead atoms. The van der Waals surface area contributed by atoms with E-state index in [1.54, 1.807) is 12.1 Å². The molecule has 2 heterocycles. The van der Waals surface area contributed by atoms with E-state index in [9.17, 15) is 14.4 Å². The Morgan fingerprint density at radius 3 is 2.53 bits per heavy atom. The number of anilines is 1. The number of carbonyl (C=O) groups is 3. The Hall–Kier alpha value is -2.57. The van der Waals surface area contributed by atoms with Crippen LogP contribution in [0.3, 0.4) is 0 Å². The number of carbonyl (C=O) groups excluding carboxylic acids is 3. The van der Waals surface area contributed by atoms with Gasteiger partial charge in [-0.3, -0.25) is 15.0 Å². The Morgan fingerprint density at radius 1 is 1.16 bits per heavy atom. The molecule has 7 heteroatoms. The summed E-state index contributed by atoms with van der Waals surface area (Å²) in [5.41, 5.74) is 0.551. The standard InChI is InChI=1S/C12H12N4O3/c1-6-3-4-7-8(5-6)13-11(19)16(2)12(7)9(17)14-10(18)15-12/h3-5H,1-2H3,(H,13,19)(H2,14,15,17,18). The largest absolute Gasteiger partial charge is 0.324 e. The van der Waals surface area contributed by atoms with Crippen LogP contribution in [0.5, 0.6) is 0 Å². The van der Waals surface area contributed by atoms with Crippen molar-refractivity contribution in [2.75, 3.05) is 12.4 Å². The number of hydrogen-bond donors (Lipinski definition) is 3. The first-order valence-electron chi connectivity index (χ1n) is 5.74. The number of nitrogens with one attached hydrogen (secondary N) is 3. The summed E-state index contributed by atoms with van der Waals surface area (Å²) in [6.07, 6.45) is 0. The van der Waals surface area contributed by atoms with Crippen molar-refractivity contribution < 1.29 is 14.4 Å². The van der Waals surface area contributed by atoms with Gasteiger partial charge < -0.3 is 10.6 Å². The second kappa shape index (κ2) is 3.47. The Kier molecular flexibility index (Phi) is 2.10. The molecule has 2 aliphatic rings. The fourth-order valence-electron chi connectivity index (χ4n) is 2.48. The van der Waals surface area contributed by atoms with Crippen molar-refractivity contribution in [2.24, 2.45) is 0 Å². The molecule has 7 nitrogen and oxygen atoms in total. The average molecular weight is 260 g/mol. The number of imide groups is 1. The zero-order chi connectivity index (χ0) is 13.8. The second-order valence-corrected chi connectivity index (χ2v) is 4.66. The van der Waals surface area contributed by atoms with Gasteiger partial charge in [0, 0.05) is 12.6 Å². The van der Waals surface area contributed by atoms with Crippen LogP contribution in [0.4, 0.5) is 15.3 Å². The van der Waals surface area contributed by atoms with Gasteiger partial charge >= 0.3 is 12.1 Å². The third kappa shape index (κ3) is 1.35. The molecular weight excluding hydrogens is 248 g/mol. The van der Waals surface area contributed by atoms with Gasteiger partial charge in [0.2, 0.25) is 5.66 Å². The van der Waals surface area contributed by atoms with Crippen LogP contribution in [0.1, 0.15) is 11.1 Å². The van der Waals surface area contributed by atoms with Gasteiger partial charge in [-0.25, -0.2) is 9.59 Å². The molecule has 1 spiro atoms. The first-order chi connectivity index (χ1) is 8.95. The molecule has 1 atom stereocenters. The fourth-order valence-corrected chi connectivity index (χ4v) is 2.48. The lowest BCUT2D eigenvalue weighted by atomic mass is 9.93. The summed E-state index contributed by atoms with van der Waals surface area (Å²) in [6.45, 7) is 1.88. The highest BCUT2D eigenvalue weighted by Crippen LogP contribution is 2.37. The van der Waals surface area contributed by atoms with E-state index in [-0.39, 0.29) is 0 Å². The smallest absolute Gasteiger partial charge is 0.307 e. The minimum absolute atomic E-state index is 0.449. The summed E-state index contributed by atoms with van der Waals surface area (Å²) in [4.78, 5) is 36.8. The maximum absolute atomic E-state index is 12.1. The van der Waals surface area contributed by atoms with E-state index in [0.717, 1.165) is 5.56 Å². The van der Waals surface area contributed by atoms with Crippen LogP contribution in [-0.4, -0.2) is 29.9 Å². The Balaban J connectivity index is 2.27. The van der Waals surface area contributed by atoms with E-state index >= 15 is 0 Å². The monoisotopic (exact) mass is 260 g/mol. The van der Waals surface area contributed by atoms with Crippen molar-refractivity contribution in [3.8, 4) is 0 Å². The summed E-state index contributed by atoms with van der Waals surface area (Å²) in [6, 6.07) is 4.25. The van der Waals surface area contributed by atoms with E-state index in [4.69, 9.17) is 0 Å². The molecule has 3 rings (SSSR count). The lowest BCUT2D eigenvalue weighted by Crippen LogP contribution is -2.62. The second-order valence-electron chi connectivity index (χ2n) is 4.66. The number of rotatable bonds is 0. The van der Waals surface area contributed by atoms with Crippen LogP contribution >= 0.6 is 0 Å². The third-order valence-electron chi connectivity index (χ3n) is 3.46. The lowest BCUT2D eigenvalue weighted by molar-refractivity contribution is -0.129. The van der Waals surface area contributed by atoms with Crippen LogP contribution in [0.15, 0.2) is 18.2 Å². The average Bonchev–Trinajstić information content (AvgIpc) is 2.63. The quantitative estimate of drug-likeness (QED) is 0.592. The zero-order valence-electron chi connectivity index (χ0n) is 10.4. The van der Waals surface area contributed by atoms with Crippen molar-refractivity contribution >= 4 is 23.7 Å². The number of benzene rings is 1. The SMILES string of the molecule is Cc1ccc2c(c1)NC(=O)N(C)C21NC(=O)NC1=O. The van der Waals surface area contributed by atoms with Crippen molar-refractivity contribution in [1.29, 1.82) is 0 Å². The van der Waals surface area contributed by atoms with E-state index in [1.165, 1.54) is 11.9 Å². The summed E-state index contributed by atoms with van der Waals surface area (Å²) in [5.74, 6) is -0.556. The molecule has 0 aliphatic carbocycles. The number of aryl methyl sites for hydroxylation is 1. The summed E-state index contributed by atoms with van der Waals surface area (Å²) >= 11 is 0. The van der Waals surface area contributed by atoms with Gasteiger partial charge in [-0.2, -0.15) is 0 Å². The first-order valence-corrected chi connectivity index (χ1v) is 5.74. The fraction of sp³-hybridized carbons (Fsp3) is 0.250. The predicted molar refractivity (Wildman–Crippen MR) is 66.3 cm³/mol. The summed E-state index contributed by atoms with van der Waals surface area (Å²) in [7, 11) is 1.46. The van der Waals surface area contributed by atoms with E-state index < -0.39 is 23.6 Å². The van der Waals surface area contributed by atoms with E-state index in [2.05, 4.69) is 16.0 Å². The molecular formula is C12H12N4O3. The highest BCUT2D eigenvalue weighted by Gasteiger charge is 2.56. The maximum atomic E-state index is 12.1. The number of nitrogens with zero attached hydrogens (tertiary/aromatic N) is 1. The lowest BCUT2D eigenvalue weighted by Gasteiger charge is -2.40. The first kappa shape index (κ1) is 11.5. The van der Waals surface area contributed by atoms with Gasteiger partial charge in [-0.1, -0.05) is 12.1 Å². The number of hydrogen-bond acceptors (Lipinski definition) is 3. The van der Waals surface area contributed by atoms with Crippen molar-refractivity contribution in [3.63, 3.8) is 0 Å². The molecule has 1 aromatic carbocycles. The molecule has 0 radical (unpaired) electrons. The van der Waals surface area contributed by atoms with Crippen molar-refractivity contribution in [3.05, 3.63) is 29.3 Å². The molecule has 1 unspecified atom stereocenters. The molecule has 3 N–H and O–H groups in total. The van der Waals surface area contributed by atoms with Gasteiger partial charge in [0.05, 0.1) is 5.69 Å². The molecule has 98 valence electrons. The normalized spacial score (nSPS) is 24.9. The molecule has 0 saturated carbocycles. The molecule has 1 fully saturated rings. The molecule has 1 aromatic rings. The maximum Gasteiger partial charge on any atom is 0.324 e. The van der Waals surface area contributed by atoms with Crippen LogP contribution in [0, 0.1) is 6.92 Å². The third-order valence-corrected chi connectivity index (χ3v) is 3.46. The van der Waals surface area contributed by atoms with Gasteiger partial charge in [-0.15, -0.1) is 0 Å².